The molecule has 48 heteroatoms. The second-order valence-corrected chi connectivity index (χ2v) is 27.3. The summed E-state index contributed by atoms with van der Waals surface area (Å²) in [6.45, 7) is 5.31. The van der Waals surface area contributed by atoms with Crippen molar-refractivity contribution in [1.29, 1.82) is 0 Å². The van der Waals surface area contributed by atoms with Gasteiger partial charge in [-0.25, -0.2) is 54.1 Å². The van der Waals surface area contributed by atoms with E-state index in [4.69, 9.17) is 74.6 Å². The van der Waals surface area contributed by atoms with Crippen LogP contribution >= 0.6 is 0 Å². The third-order valence-corrected chi connectivity index (χ3v) is 19.2. The number of imidazole rings is 3. The zero-order chi connectivity index (χ0) is 84.9. The first-order chi connectivity index (χ1) is 56.6. The van der Waals surface area contributed by atoms with Gasteiger partial charge in [-0.2, -0.15) is 0 Å². The summed E-state index contributed by atoms with van der Waals surface area (Å²) in [7, 11) is 0. The number of nitrogens with two attached hydrogens (primary N) is 1. The van der Waals surface area contributed by atoms with Crippen LogP contribution in [-0.2, 0) is 33.2 Å². The molecule has 0 aromatic carbocycles. The average Bonchev–Trinajstić information content (AvgIpc) is 1.63. The summed E-state index contributed by atoms with van der Waals surface area (Å²) in [5.41, 5.74) is 5.45. The number of anilines is 1. The Kier molecular flexibility index (Phi) is 28.8. The van der Waals surface area contributed by atoms with E-state index in [1.807, 2.05) is 0 Å². The molecule has 0 radical (unpaired) electrons. The van der Waals surface area contributed by atoms with E-state index in [0.717, 1.165) is 25.7 Å². The fraction of sp³-hybridized carbons (Fsp3) is 0.471. The van der Waals surface area contributed by atoms with Crippen LogP contribution in [0.2, 0.25) is 0 Å². The van der Waals surface area contributed by atoms with Crippen LogP contribution < -0.4 is 61.8 Å². The van der Waals surface area contributed by atoms with Gasteiger partial charge >= 0.3 is 22.8 Å². The van der Waals surface area contributed by atoms with Crippen LogP contribution in [0, 0.1) is 27.7 Å². The number of aryl methyl sites for hydroxylation is 4. The first-order valence-corrected chi connectivity index (χ1v) is 36.5. The van der Waals surface area contributed by atoms with E-state index >= 15 is 0 Å². The van der Waals surface area contributed by atoms with E-state index in [1.54, 1.807) is 85.9 Å². The summed E-state index contributed by atoms with van der Waals surface area (Å²) in [5.74, 6) is 0.218. The van der Waals surface area contributed by atoms with E-state index in [-0.39, 0.29) is 87.7 Å². The molecule has 634 valence electrons. The molecule has 48 nitrogen and oxygen atoms in total. The van der Waals surface area contributed by atoms with Crippen molar-refractivity contribution in [2.24, 2.45) is 0 Å². The summed E-state index contributed by atoms with van der Waals surface area (Å²) in [4.78, 5) is 156. The van der Waals surface area contributed by atoms with Gasteiger partial charge in [0.1, 0.15) is 73.3 Å². The minimum absolute atomic E-state index is 0.0111. The highest BCUT2D eigenvalue weighted by Crippen LogP contribution is 2.34. The summed E-state index contributed by atoms with van der Waals surface area (Å²) in [6.07, 6.45) is 17.7. The van der Waals surface area contributed by atoms with E-state index in [1.165, 1.54) is 72.9 Å². The number of rotatable bonds is 14. The van der Waals surface area contributed by atoms with Crippen molar-refractivity contribution >= 4 is 39.3 Å². The normalized spacial score (nSPS) is 25.9. The molecule has 7 aliphatic heterocycles. The van der Waals surface area contributed by atoms with Crippen molar-refractivity contribution in [1.82, 2.24) is 96.8 Å². The Labute approximate surface area is 660 Å². The van der Waals surface area contributed by atoms with E-state index < -0.39 is 132 Å². The lowest BCUT2D eigenvalue weighted by molar-refractivity contribution is -0.0511. The van der Waals surface area contributed by atoms with Crippen LogP contribution in [-0.4, -0.2) is 255 Å². The standard InChI is InChI=1S/C10H13N5O4.2C10H12N4O3.C10H14N2O5.3C10H12N2O4/c11-8-5-9(13-2-12-8)15(3-14-5)10-7(18)6(17)4(1-16)19-10;2*15-3-6-1-2-7(17-6)14-5-13-8-9(14)11-4-12-10(8)16;1-5-3-12(10(16)11-9(5)15)8-2-6(14)7(4-13)17-8;3*1-6-4-12(10(15)11-9(6)14)8-3-2-7(5-13)16-8/h2-4,6-7,10,16-18H,1H2,(H2,11,12,13);2*4-7,15H,1-3H2,(H,11,12,16);3,6-8,13-14H,2,4H2,1H3,(H,11,15,16);3*2-4,7-8,13H,5H2,1H3,(H,11,14,15)/t4-,6-,7-,10-;2*6-,7+;6-,7+,8+;3*7-,8+/m1000000/s1. The van der Waals surface area contributed by atoms with Gasteiger partial charge in [-0.1, -0.05) is 18.2 Å². The van der Waals surface area contributed by atoms with Crippen molar-refractivity contribution in [2.45, 2.75) is 164 Å². The molecule has 0 saturated carbocycles. The van der Waals surface area contributed by atoms with Crippen molar-refractivity contribution < 1.29 is 84.2 Å². The molecular formula is C70H87N21O27. The lowest BCUT2D eigenvalue weighted by atomic mass is 10.1. The van der Waals surface area contributed by atoms with Crippen LogP contribution in [0.3, 0.4) is 0 Å². The highest BCUT2D eigenvalue weighted by atomic mass is 16.6. The van der Waals surface area contributed by atoms with Gasteiger partial charge in [0.2, 0.25) is 0 Å². The maximum atomic E-state index is 11.6. The molecule has 17 heterocycles. The molecule has 0 aliphatic carbocycles. The monoisotopic (exact) mass is 1650 g/mol. The first-order valence-electron chi connectivity index (χ1n) is 36.5. The van der Waals surface area contributed by atoms with Gasteiger partial charge in [-0.15, -0.1) is 0 Å². The maximum absolute atomic E-state index is 11.6. The smallest absolute Gasteiger partial charge is 0.330 e. The largest absolute Gasteiger partial charge is 0.394 e. The number of H-pyrrole nitrogens is 6. The Hall–Kier alpha value is -11.7. The van der Waals surface area contributed by atoms with Crippen LogP contribution in [0.4, 0.5) is 5.82 Å². The molecule has 4 fully saturated rings. The number of aromatic nitrogens is 20. The number of hydrogen-bond donors (Lipinski definition) is 17. The first kappa shape index (κ1) is 87.2. The van der Waals surface area contributed by atoms with Crippen molar-refractivity contribution in [3.8, 4) is 0 Å². The molecule has 10 aromatic rings. The molecule has 17 rings (SSSR count). The van der Waals surface area contributed by atoms with E-state index in [9.17, 15) is 63.3 Å². The third kappa shape index (κ3) is 19.9. The van der Waals surface area contributed by atoms with Gasteiger partial charge < -0.3 is 99.9 Å². The molecule has 7 aliphatic rings. The summed E-state index contributed by atoms with van der Waals surface area (Å²) in [6, 6.07) is 0. The third-order valence-electron chi connectivity index (χ3n) is 19.2. The second-order valence-electron chi connectivity index (χ2n) is 27.3. The van der Waals surface area contributed by atoms with Gasteiger partial charge in [0.15, 0.2) is 58.7 Å². The molecule has 4 saturated heterocycles. The number of nitrogens with zero attached hydrogens (tertiary/aromatic N) is 14. The number of fused-ring (bicyclic) bond motifs is 3. The van der Waals surface area contributed by atoms with Crippen LogP contribution in [0.15, 0.2) is 147 Å². The van der Waals surface area contributed by atoms with E-state index in [0.29, 0.717) is 55.7 Å². The fourth-order valence-electron chi connectivity index (χ4n) is 12.8. The number of nitrogen functional groups attached to an aromatic ring is 1. The lowest BCUT2D eigenvalue weighted by Gasteiger charge is -2.16. The van der Waals surface area contributed by atoms with E-state index in [2.05, 4.69) is 64.8 Å². The summed E-state index contributed by atoms with van der Waals surface area (Å²) >= 11 is 0. The van der Waals surface area contributed by atoms with Crippen molar-refractivity contribution in [3.63, 3.8) is 0 Å². The Morgan fingerprint density at radius 2 is 0.763 bits per heavy atom. The zero-order valence-electron chi connectivity index (χ0n) is 63.3. The van der Waals surface area contributed by atoms with Crippen molar-refractivity contribution in [2.75, 3.05) is 52.0 Å². The fourth-order valence-corrected chi connectivity index (χ4v) is 12.8. The summed E-state index contributed by atoms with van der Waals surface area (Å²) < 4.78 is 48.0. The predicted molar refractivity (Wildman–Crippen MR) is 406 cm³/mol. The molecule has 0 amide bonds. The van der Waals surface area contributed by atoms with Crippen LogP contribution in [0.1, 0.15) is 98.0 Å². The van der Waals surface area contributed by atoms with Crippen molar-refractivity contribution in [3.05, 3.63) is 226 Å². The Bertz CT molecular complexity index is 5530. The quantitative estimate of drug-likeness (QED) is 0.0451. The molecule has 18 N–H and O–H groups in total. The minimum Gasteiger partial charge on any atom is -0.394 e. The zero-order valence-corrected chi connectivity index (χ0v) is 63.3. The number of aliphatic hydroxyl groups excluding tert-OH is 10. The molecule has 17 atom stereocenters. The van der Waals surface area contributed by atoms with Crippen LogP contribution in [0.25, 0.3) is 33.5 Å². The molecule has 10 aromatic heterocycles. The number of aromatic amines is 6. The number of hydrogen-bond acceptors (Lipinski definition) is 35. The topological polar surface area (TPSA) is 683 Å². The molecule has 118 heavy (non-hydrogen) atoms. The van der Waals surface area contributed by atoms with Gasteiger partial charge in [0.05, 0.1) is 96.2 Å². The average molecular weight is 1650 g/mol. The Morgan fingerprint density at radius 3 is 1.13 bits per heavy atom. The number of ether oxygens (including phenoxy) is 7. The summed E-state index contributed by atoms with van der Waals surface area (Å²) in [5, 5.41) is 91.9. The predicted octanol–water partition coefficient (Wildman–Crippen LogP) is -6.04. The van der Waals surface area contributed by atoms with Gasteiger partial charge in [0.25, 0.3) is 33.4 Å². The molecule has 0 bridgehead atoms. The molecule has 0 unspecified atom stereocenters. The van der Waals surface area contributed by atoms with Gasteiger partial charge in [0, 0.05) is 53.5 Å². The molecular weight excluding hydrogens is 1570 g/mol. The number of nitrogens with one attached hydrogen (secondary N) is 6. The second kappa shape index (κ2) is 39.0. The highest BCUT2D eigenvalue weighted by molar-refractivity contribution is 5.81. The molecule has 0 spiro atoms. The Balaban J connectivity index is 0.000000135. The van der Waals surface area contributed by atoms with Gasteiger partial charge in [-0.3, -0.25) is 80.7 Å². The number of aliphatic hydroxyl groups is 10. The maximum Gasteiger partial charge on any atom is 0.330 e. The highest BCUT2D eigenvalue weighted by Gasteiger charge is 2.44. The SMILES string of the molecule is Cc1cn([C@H]2C=C[C@@H](CO)O2)c(=O)[nH]c1=O.Cc1cn([C@H]2C=C[C@@H](CO)O2)c(=O)[nH]c1=O.Cc1cn([C@H]2C=C[C@@H](CO)O2)c(=O)[nH]c1=O.Cc1cn([C@H]2C[C@H](O)[C@@H](CO)O2)c(=O)[nH]c1=O.Nc1ncnc2c1ncn2[C@@H]1O[C@H](CO)[C@@H](O)[C@H]1O.O=c1[nH]cnc2c1ncn2[C@H]1CC[C@@H](CO)O1.O=c1[nH]cnc2c1ncn2[C@H]1CC[C@@H](CO)O1. The lowest BCUT2D eigenvalue weighted by Crippen LogP contribution is -2.33. The van der Waals surface area contributed by atoms with Gasteiger partial charge in [-0.05, 0) is 71.6 Å². The van der Waals surface area contributed by atoms with Crippen LogP contribution in [0.5, 0.6) is 0 Å². The minimum atomic E-state index is -1.19. The Morgan fingerprint density at radius 1 is 0.381 bits per heavy atom.